The van der Waals surface area contributed by atoms with Crippen molar-refractivity contribution in [3.8, 4) is 0 Å². The van der Waals surface area contributed by atoms with Crippen LogP contribution < -0.4 is 0 Å². The molecule has 2 atom stereocenters. The molecular formula is C16H16FNO. The average Bonchev–Trinajstić information content (AvgIpc) is 2.85. The first kappa shape index (κ1) is 12.3. The Balaban J connectivity index is 1.75. The maximum absolute atomic E-state index is 12.8. The first-order valence-corrected chi connectivity index (χ1v) is 6.60. The van der Waals surface area contributed by atoms with Gasteiger partial charge in [0.2, 0.25) is 0 Å². The van der Waals surface area contributed by atoms with Crippen LogP contribution in [0.15, 0.2) is 42.6 Å². The van der Waals surface area contributed by atoms with E-state index in [1.54, 1.807) is 18.3 Å². The van der Waals surface area contributed by atoms with Gasteiger partial charge in [0, 0.05) is 17.8 Å². The molecule has 98 valence electrons. The zero-order valence-electron chi connectivity index (χ0n) is 10.6. The normalized spacial score (nSPS) is 19.2. The smallest absolute Gasteiger partial charge is 0.123 e. The molecule has 1 aliphatic rings. The van der Waals surface area contributed by atoms with Crippen molar-refractivity contribution in [2.75, 3.05) is 0 Å². The molecule has 2 aromatic rings. The molecule has 3 heteroatoms. The van der Waals surface area contributed by atoms with Crippen molar-refractivity contribution in [3.63, 3.8) is 0 Å². The molecule has 0 saturated carbocycles. The zero-order valence-corrected chi connectivity index (χ0v) is 10.6. The van der Waals surface area contributed by atoms with E-state index >= 15 is 0 Å². The number of halogens is 1. The highest BCUT2D eigenvalue weighted by molar-refractivity contribution is 5.30. The standard InChI is InChI=1S/C16H16FNO/c17-13-6-3-11(4-7-13)10-15(19)14-8-5-12-2-1-9-18-16(12)14/h1-4,6-7,9,14-15,19H,5,8,10H2. The summed E-state index contributed by atoms with van der Waals surface area (Å²) < 4.78 is 12.8. The highest BCUT2D eigenvalue weighted by Gasteiger charge is 2.29. The molecule has 1 heterocycles. The molecule has 1 aromatic carbocycles. The zero-order chi connectivity index (χ0) is 13.2. The fourth-order valence-electron chi connectivity index (χ4n) is 2.82. The third-order valence-electron chi connectivity index (χ3n) is 3.82. The van der Waals surface area contributed by atoms with E-state index in [1.807, 2.05) is 6.07 Å². The van der Waals surface area contributed by atoms with Gasteiger partial charge in [-0.15, -0.1) is 0 Å². The Labute approximate surface area is 111 Å². The second-order valence-corrected chi connectivity index (χ2v) is 5.09. The van der Waals surface area contributed by atoms with Crippen LogP contribution >= 0.6 is 0 Å². The Morgan fingerprint density at radius 2 is 2.05 bits per heavy atom. The van der Waals surface area contributed by atoms with Crippen LogP contribution in [0.25, 0.3) is 0 Å². The third-order valence-corrected chi connectivity index (χ3v) is 3.82. The second kappa shape index (κ2) is 5.10. The molecule has 1 N–H and O–H groups in total. The first-order chi connectivity index (χ1) is 9.24. The largest absolute Gasteiger partial charge is 0.392 e. The summed E-state index contributed by atoms with van der Waals surface area (Å²) in [7, 11) is 0. The molecule has 0 radical (unpaired) electrons. The summed E-state index contributed by atoms with van der Waals surface area (Å²) in [5, 5.41) is 10.4. The predicted octanol–water partition coefficient (Wildman–Crippen LogP) is 2.85. The van der Waals surface area contributed by atoms with E-state index in [4.69, 9.17) is 0 Å². The number of aryl methyl sites for hydroxylation is 1. The van der Waals surface area contributed by atoms with E-state index in [1.165, 1.54) is 17.7 Å². The Morgan fingerprint density at radius 1 is 1.26 bits per heavy atom. The SMILES string of the molecule is OC(Cc1ccc(F)cc1)C1CCc2cccnc21. The van der Waals surface area contributed by atoms with Gasteiger partial charge in [-0.3, -0.25) is 4.98 Å². The molecule has 0 aliphatic heterocycles. The number of aromatic nitrogens is 1. The van der Waals surface area contributed by atoms with Gasteiger partial charge in [-0.1, -0.05) is 18.2 Å². The summed E-state index contributed by atoms with van der Waals surface area (Å²) in [5.41, 5.74) is 3.22. The van der Waals surface area contributed by atoms with Crippen LogP contribution in [0.1, 0.15) is 29.2 Å². The fourth-order valence-corrected chi connectivity index (χ4v) is 2.82. The van der Waals surface area contributed by atoms with E-state index in [-0.39, 0.29) is 11.7 Å². The van der Waals surface area contributed by atoms with Crippen LogP contribution in [-0.4, -0.2) is 16.2 Å². The molecule has 1 aromatic heterocycles. The van der Waals surface area contributed by atoms with Crippen LogP contribution in [0.5, 0.6) is 0 Å². The summed E-state index contributed by atoms with van der Waals surface area (Å²) >= 11 is 0. The molecule has 0 bridgehead atoms. The number of rotatable bonds is 3. The first-order valence-electron chi connectivity index (χ1n) is 6.60. The van der Waals surface area contributed by atoms with Crippen molar-refractivity contribution in [1.29, 1.82) is 0 Å². The van der Waals surface area contributed by atoms with Gasteiger partial charge in [-0.05, 0) is 48.6 Å². The number of fused-ring (bicyclic) bond motifs is 1. The quantitative estimate of drug-likeness (QED) is 0.917. The van der Waals surface area contributed by atoms with Crippen LogP contribution in [0.2, 0.25) is 0 Å². The Kier molecular flexibility index (Phi) is 3.30. The number of benzene rings is 1. The molecule has 0 saturated heterocycles. The highest BCUT2D eigenvalue weighted by atomic mass is 19.1. The van der Waals surface area contributed by atoms with Crippen molar-refractivity contribution in [2.45, 2.75) is 31.3 Å². The number of pyridine rings is 1. The molecule has 3 rings (SSSR count). The predicted molar refractivity (Wildman–Crippen MR) is 71.4 cm³/mol. The molecule has 0 spiro atoms. The van der Waals surface area contributed by atoms with Gasteiger partial charge >= 0.3 is 0 Å². The maximum Gasteiger partial charge on any atom is 0.123 e. The maximum atomic E-state index is 12.8. The Bertz CT molecular complexity index is 567. The van der Waals surface area contributed by atoms with Crippen molar-refractivity contribution in [3.05, 3.63) is 65.2 Å². The second-order valence-electron chi connectivity index (χ2n) is 5.09. The van der Waals surface area contributed by atoms with E-state index in [0.717, 1.165) is 24.1 Å². The lowest BCUT2D eigenvalue weighted by Crippen LogP contribution is -2.20. The molecule has 2 nitrogen and oxygen atoms in total. The van der Waals surface area contributed by atoms with Crippen molar-refractivity contribution >= 4 is 0 Å². The fraction of sp³-hybridized carbons (Fsp3) is 0.312. The third kappa shape index (κ3) is 2.51. The van der Waals surface area contributed by atoms with Gasteiger partial charge in [0.25, 0.3) is 0 Å². The minimum absolute atomic E-state index is 0.0984. The van der Waals surface area contributed by atoms with E-state index < -0.39 is 6.10 Å². The van der Waals surface area contributed by atoms with Gasteiger partial charge in [0.15, 0.2) is 0 Å². The summed E-state index contributed by atoms with van der Waals surface area (Å²) in [5.74, 6) is -0.146. The minimum atomic E-state index is -0.457. The van der Waals surface area contributed by atoms with Crippen molar-refractivity contribution in [2.24, 2.45) is 0 Å². The molecule has 0 fully saturated rings. The van der Waals surface area contributed by atoms with E-state index in [0.29, 0.717) is 6.42 Å². The highest BCUT2D eigenvalue weighted by Crippen LogP contribution is 2.34. The summed E-state index contributed by atoms with van der Waals surface area (Å²) in [6.45, 7) is 0. The van der Waals surface area contributed by atoms with Gasteiger partial charge in [-0.2, -0.15) is 0 Å². The van der Waals surface area contributed by atoms with E-state index in [2.05, 4.69) is 11.1 Å². The van der Waals surface area contributed by atoms with Crippen LogP contribution in [-0.2, 0) is 12.8 Å². The monoisotopic (exact) mass is 257 g/mol. The number of nitrogens with zero attached hydrogens (tertiary/aromatic N) is 1. The molecule has 0 amide bonds. The Hall–Kier alpha value is -1.74. The van der Waals surface area contributed by atoms with Gasteiger partial charge < -0.3 is 5.11 Å². The number of hydrogen-bond donors (Lipinski definition) is 1. The summed E-state index contributed by atoms with van der Waals surface area (Å²) in [6, 6.07) is 10.3. The minimum Gasteiger partial charge on any atom is -0.392 e. The summed E-state index contributed by atoms with van der Waals surface area (Å²) in [6.07, 6.45) is 3.78. The van der Waals surface area contributed by atoms with Gasteiger partial charge in [-0.25, -0.2) is 4.39 Å². The molecule has 19 heavy (non-hydrogen) atoms. The lowest BCUT2D eigenvalue weighted by atomic mass is 9.94. The average molecular weight is 257 g/mol. The topological polar surface area (TPSA) is 33.1 Å². The molecule has 2 unspecified atom stereocenters. The number of hydrogen-bond acceptors (Lipinski definition) is 2. The number of aliphatic hydroxyl groups is 1. The van der Waals surface area contributed by atoms with Crippen molar-refractivity contribution in [1.82, 2.24) is 4.98 Å². The van der Waals surface area contributed by atoms with E-state index in [9.17, 15) is 9.50 Å². The van der Waals surface area contributed by atoms with Gasteiger partial charge in [0.1, 0.15) is 5.82 Å². The van der Waals surface area contributed by atoms with Crippen LogP contribution in [0.3, 0.4) is 0 Å². The van der Waals surface area contributed by atoms with Crippen LogP contribution in [0.4, 0.5) is 4.39 Å². The molecular weight excluding hydrogens is 241 g/mol. The lowest BCUT2D eigenvalue weighted by Gasteiger charge is -2.18. The van der Waals surface area contributed by atoms with Crippen LogP contribution in [0, 0.1) is 5.82 Å². The lowest BCUT2D eigenvalue weighted by molar-refractivity contribution is 0.141. The number of aliphatic hydroxyl groups excluding tert-OH is 1. The molecule has 1 aliphatic carbocycles. The Morgan fingerprint density at radius 3 is 2.84 bits per heavy atom. The van der Waals surface area contributed by atoms with Crippen molar-refractivity contribution < 1.29 is 9.50 Å². The van der Waals surface area contributed by atoms with Gasteiger partial charge in [0.05, 0.1) is 6.10 Å². The summed E-state index contributed by atoms with van der Waals surface area (Å²) in [4.78, 5) is 4.40.